The average Bonchev–Trinajstić information content (AvgIpc) is 3.78. The maximum absolute atomic E-state index is 12.7. The van der Waals surface area contributed by atoms with Crippen LogP contribution in [-0.4, -0.2) is 73.4 Å². The van der Waals surface area contributed by atoms with Gasteiger partial charge in [0.2, 0.25) is 0 Å². The summed E-state index contributed by atoms with van der Waals surface area (Å²) in [5.74, 6) is 0.0744. The second kappa shape index (κ2) is 32.5. The van der Waals surface area contributed by atoms with Crippen LogP contribution in [-0.2, 0) is 37.7 Å². The molecule has 1 aliphatic carbocycles. The number of hydrogen-bond acceptors (Lipinski definition) is 10. The van der Waals surface area contributed by atoms with Gasteiger partial charge in [0, 0.05) is 37.8 Å². The molecule has 1 saturated carbocycles. The highest BCUT2D eigenvalue weighted by atomic mass is 31.2. The van der Waals surface area contributed by atoms with Crippen LogP contribution in [0.3, 0.4) is 0 Å². The average molecular weight is 800 g/mol. The molecule has 55 heavy (non-hydrogen) atoms. The van der Waals surface area contributed by atoms with Gasteiger partial charge in [0.05, 0.1) is 32.0 Å². The van der Waals surface area contributed by atoms with E-state index in [0.29, 0.717) is 19.4 Å². The first-order valence-electron chi connectivity index (χ1n) is 21.9. The zero-order chi connectivity index (χ0) is 39.8. The van der Waals surface area contributed by atoms with Gasteiger partial charge in [-0.15, -0.1) is 0 Å². The lowest BCUT2D eigenvalue weighted by Crippen LogP contribution is -2.29. The standard InChI is InChI=1S/C43H78NO10P/c1-3-5-7-8-9-10-11-12-13-14-15-16-17-18-21-25-32-49-35-38(36-51-55(47,48)50-33-31-44)52-43(46)28-24-20-19-23-27-39-40(42-34-41(39)53-54-42)30-29-37(45)26-22-6-4-2/h12-13,19,23,29-30,37-42,45H,3-11,14-18,20-22,24-28,31-36,44H2,1-2H3,(H,47,48)/b13-12-,23-19-,30-29+. The number of aliphatic hydroxyl groups is 1. The summed E-state index contributed by atoms with van der Waals surface area (Å²) in [6.07, 6.45) is 36.2. The Hall–Kier alpha value is -1.40. The quantitative estimate of drug-likeness (QED) is 0.0181. The molecule has 320 valence electrons. The van der Waals surface area contributed by atoms with E-state index in [2.05, 4.69) is 44.2 Å². The van der Waals surface area contributed by atoms with Crippen molar-refractivity contribution in [2.45, 2.75) is 186 Å². The predicted octanol–water partition coefficient (Wildman–Crippen LogP) is 9.99. The minimum absolute atomic E-state index is 0.0251. The molecule has 1 aliphatic heterocycles. The van der Waals surface area contributed by atoms with Crippen LogP contribution in [0.5, 0.6) is 0 Å². The first-order chi connectivity index (χ1) is 26.8. The minimum atomic E-state index is -4.33. The fourth-order valence-electron chi connectivity index (χ4n) is 7.12. The molecule has 2 bridgehead atoms. The number of fused-ring (bicyclic) bond motifs is 2. The monoisotopic (exact) mass is 800 g/mol. The number of allylic oxidation sites excluding steroid dienone is 4. The maximum Gasteiger partial charge on any atom is 0.472 e. The first-order valence-corrected chi connectivity index (χ1v) is 23.4. The van der Waals surface area contributed by atoms with Gasteiger partial charge in [-0.1, -0.05) is 127 Å². The fourth-order valence-corrected chi connectivity index (χ4v) is 7.88. The van der Waals surface area contributed by atoms with Crippen LogP contribution in [0.2, 0.25) is 0 Å². The number of phosphoric acid groups is 1. The lowest BCUT2D eigenvalue weighted by atomic mass is 9.89. The molecular weight excluding hydrogens is 721 g/mol. The van der Waals surface area contributed by atoms with Crippen molar-refractivity contribution in [3.8, 4) is 0 Å². The molecule has 7 atom stereocenters. The van der Waals surface area contributed by atoms with Crippen molar-refractivity contribution in [3.63, 3.8) is 0 Å². The zero-order valence-corrected chi connectivity index (χ0v) is 35.3. The molecule has 4 N–H and O–H groups in total. The molecule has 2 rings (SSSR count). The highest BCUT2D eigenvalue weighted by Gasteiger charge is 2.49. The van der Waals surface area contributed by atoms with E-state index in [0.717, 1.165) is 64.2 Å². The van der Waals surface area contributed by atoms with Crippen LogP contribution in [0.15, 0.2) is 36.5 Å². The predicted molar refractivity (Wildman–Crippen MR) is 219 cm³/mol. The van der Waals surface area contributed by atoms with E-state index >= 15 is 0 Å². The number of unbranched alkanes of at least 4 members (excludes halogenated alkanes) is 15. The fraction of sp³-hybridized carbons (Fsp3) is 0.837. The molecule has 0 radical (unpaired) electrons. The van der Waals surface area contributed by atoms with Crippen molar-refractivity contribution in [1.82, 2.24) is 0 Å². The van der Waals surface area contributed by atoms with Crippen molar-refractivity contribution in [2.75, 3.05) is 33.0 Å². The molecule has 2 aliphatic rings. The summed E-state index contributed by atoms with van der Waals surface area (Å²) in [5, 5.41) is 10.3. The van der Waals surface area contributed by atoms with Crippen LogP contribution >= 0.6 is 7.82 Å². The van der Waals surface area contributed by atoms with Gasteiger partial charge in [0.25, 0.3) is 0 Å². The van der Waals surface area contributed by atoms with Gasteiger partial charge in [0.15, 0.2) is 0 Å². The Kier molecular flexibility index (Phi) is 29.4. The summed E-state index contributed by atoms with van der Waals surface area (Å²) >= 11 is 0. The second-order valence-electron chi connectivity index (χ2n) is 15.3. The third kappa shape index (κ3) is 24.9. The lowest BCUT2D eigenvalue weighted by molar-refractivity contribution is -0.336. The summed E-state index contributed by atoms with van der Waals surface area (Å²) < 4.78 is 33.5. The van der Waals surface area contributed by atoms with Gasteiger partial charge in [-0.25, -0.2) is 14.3 Å². The van der Waals surface area contributed by atoms with Crippen LogP contribution in [0, 0.1) is 11.8 Å². The van der Waals surface area contributed by atoms with Crippen LogP contribution in [0.25, 0.3) is 0 Å². The van der Waals surface area contributed by atoms with Crippen LogP contribution < -0.4 is 5.73 Å². The molecule has 0 aromatic heterocycles. The smallest absolute Gasteiger partial charge is 0.457 e. The van der Waals surface area contributed by atoms with E-state index in [4.69, 9.17) is 34.0 Å². The van der Waals surface area contributed by atoms with E-state index in [1.807, 2.05) is 6.08 Å². The number of rotatable bonds is 37. The number of hydrogen-bond donors (Lipinski definition) is 3. The van der Waals surface area contributed by atoms with Gasteiger partial charge in [0.1, 0.15) is 12.2 Å². The largest absolute Gasteiger partial charge is 0.472 e. The van der Waals surface area contributed by atoms with E-state index in [9.17, 15) is 19.4 Å². The number of ether oxygens (including phenoxy) is 2. The number of nitrogens with two attached hydrogens (primary N) is 1. The zero-order valence-electron chi connectivity index (χ0n) is 34.4. The summed E-state index contributed by atoms with van der Waals surface area (Å²) in [7, 11) is -4.33. The van der Waals surface area contributed by atoms with Crippen molar-refractivity contribution < 1.29 is 47.7 Å². The van der Waals surface area contributed by atoms with Gasteiger partial charge < -0.3 is 25.2 Å². The molecule has 0 aromatic rings. The van der Waals surface area contributed by atoms with Crippen molar-refractivity contribution in [2.24, 2.45) is 17.6 Å². The number of phosphoric ester groups is 1. The summed E-state index contributed by atoms with van der Waals surface area (Å²) in [6, 6.07) is 0. The Morgan fingerprint density at radius 2 is 1.40 bits per heavy atom. The Balaban J connectivity index is 1.63. The molecule has 1 heterocycles. The molecule has 0 aromatic carbocycles. The summed E-state index contributed by atoms with van der Waals surface area (Å²) in [6.45, 7) is 4.62. The van der Waals surface area contributed by atoms with E-state index < -0.39 is 26.0 Å². The van der Waals surface area contributed by atoms with Crippen molar-refractivity contribution in [1.29, 1.82) is 0 Å². The molecular formula is C43H78NO10P. The molecule has 7 unspecified atom stereocenters. The number of aliphatic hydroxyl groups excluding tert-OH is 1. The van der Waals surface area contributed by atoms with Crippen molar-refractivity contribution >= 4 is 13.8 Å². The number of carbonyl (C=O) groups excluding carboxylic acids is 1. The minimum Gasteiger partial charge on any atom is -0.457 e. The molecule has 2 fully saturated rings. The Bertz CT molecular complexity index is 1090. The highest BCUT2D eigenvalue weighted by molar-refractivity contribution is 7.47. The third-order valence-corrected chi connectivity index (χ3v) is 11.3. The SMILES string of the molecule is CCCCCCCC/C=C\CCCCCCCCOCC(COP(=O)(O)OCCN)OC(=O)CCC/C=C\CC1C2CC(OO2)C1/C=C/C(O)CCCCC. The van der Waals surface area contributed by atoms with E-state index in [1.165, 1.54) is 64.2 Å². The Morgan fingerprint density at radius 3 is 2.11 bits per heavy atom. The maximum atomic E-state index is 12.7. The molecule has 12 heteroatoms. The first kappa shape index (κ1) is 49.7. The normalized spacial score (nSPS) is 22.0. The van der Waals surface area contributed by atoms with Crippen molar-refractivity contribution in [3.05, 3.63) is 36.5 Å². The van der Waals surface area contributed by atoms with Gasteiger partial charge in [-0.3, -0.25) is 13.8 Å². The Morgan fingerprint density at radius 1 is 0.782 bits per heavy atom. The van der Waals surface area contributed by atoms with E-state index in [1.54, 1.807) is 0 Å². The third-order valence-electron chi connectivity index (χ3n) is 10.4. The molecule has 0 amide bonds. The molecule has 1 saturated heterocycles. The van der Waals surface area contributed by atoms with Gasteiger partial charge in [-0.2, -0.15) is 0 Å². The summed E-state index contributed by atoms with van der Waals surface area (Å²) in [5.41, 5.74) is 5.37. The topological polar surface area (TPSA) is 156 Å². The molecule has 11 nitrogen and oxygen atoms in total. The highest BCUT2D eigenvalue weighted by Crippen LogP contribution is 2.45. The van der Waals surface area contributed by atoms with Crippen LogP contribution in [0.1, 0.15) is 162 Å². The van der Waals surface area contributed by atoms with E-state index in [-0.39, 0.29) is 56.8 Å². The van der Waals surface area contributed by atoms with Gasteiger partial charge in [-0.05, 0) is 57.8 Å². The van der Waals surface area contributed by atoms with Crippen LogP contribution in [0.4, 0.5) is 0 Å². The van der Waals surface area contributed by atoms with Gasteiger partial charge >= 0.3 is 13.8 Å². The summed E-state index contributed by atoms with van der Waals surface area (Å²) in [4.78, 5) is 33.7. The second-order valence-corrected chi connectivity index (χ2v) is 16.8. The number of esters is 1. The molecule has 0 spiro atoms. The Labute approximate surface area is 333 Å². The number of carbonyl (C=O) groups is 1. The lowest BCUT2D eigenvalue weighted by Gasteiger charge is -2.27.